The van der Waals surface area contributed by atoms with E-state index in [9.17, 15) is 24.3 Å². The molecule has 0 radical (unpaired) electrons. The maximum Gasteiger partial charge on any atom is 0.313 e. The Labute approximate surface area is 291 Å². The number of nitrogens with one attached hydrogen (secondary N) is 1. The van der Waals surface area contributed by atoms with Crippen molar-refractivity contribution in [2.75, 3.05) is 33.4 Å². The highest BCUT2D eigenvalue weighted by Gasteiger charge is 2.75. The zero-order chi connectivity index (χ0) is 35.6. The molecule has 0 aliphatic carbocycles. The lowest BCUT2D eigenvalue weighted by Crippen LogP contribution is -2.57. The number of methoxy groups -OCH3 is 1. The van der Waals surface area contributed by atoms with Crippen LogP contribution in [-0.2, 0) is 33.4 Å². The molecule has 3 saturated heterocycles. The molecule has 3 aliphatic heterocycles. The molecule has 2 bridgehead atoms. The van der Waals surface area contributed by atoms with Crippen molar-refractivity contribution in [1.29, 1.82) is 0 Å². The Morgan fingerprint density at radius 1 is 1.18 bits per heavy atom. The third-order valence-corrected chi connectivity index (χ3v) is 10.2. The maximum absolute atomic E-state index is 14.6. The van der Waals surface area contributed by atoms with Crippen molar-refractivity contribution < 1.29 is 38.5 Å². The molecule has 3 amide bonds. The summed E-state index contributed by atoms with van der Waals surface area (Å²) in [5.74, 6) is -3.13. The van der Waals surface area contributed by atoms with E-state index in [1.165, 1.54) is 7.11 Å². The van der Waals surface area contributed by atoms with Crippen LogP contribution in [0, 0.1) is 11.8 Å². The third kappa shape index (κ3) is 8.27. The number of unbranched alkanes of at least 4 members (excludes halogenated alkanes) is 2. The van der Waals surface area contributed by atoms with Gasteiger partial charge in [-0.25, -0.2) is 0 Å². The summed E-state index contributed by atoms with van der Waals surface area (Å²) in [6.45, 7) is 12.4. The number of ether oxygens (including phenoxy) is 3. The molecule has 2 N–H and O–H groups in total. The molecule has 0 aromatic heterocycles. The van der Waals surface area contributed by atoms with Gasteiger partial charge in [0.15, 0.2) is 0 Å². The molecule has 49 heavy (non-hydrogen) atoms. The number of hydrogen-bond donors (Lipinski definition) is 2. The van der Waals surface area contributed by atoms with Crippen LogP contribution in [-0.4, -0.2) is 102 Å². The molecule has 11 nitrogen and oxygen atoms in total. The van der Waals surface area contributed by atoms with Crippen molar-refractivity contribution in [3.8, 4) is 0 Å². The Balaban J connectivity index is 1.68. The van der Waals surface area contributed by atoms with E-state index in [2.05, 4.69) is 25.4 Å². The van der Waals surface area contributed by atoms with Gasteiger partial charge in [0.1, 0.15) is 17.7 Å². The van der Waals surface area contributed by atoms with E-state index in [0.29, 0.717) is 57.2 Å². The Bertz CT molecular complexity index is 1310. The van der Waals surface area contributed by atoms with Crippen LogP contribution in [0.1, 0.15) is 83.3 Å². The number of likely N-dealkylation sites (tertiary alicyclic amines) is 1. The lowest BCUT2D eigenvalue weighted by atomic mass is 9.70. The monoisotopic (exact) mass is 681 g/mol. The maximum atomic E-state index is 14.6. The molecule has 1 spiro atoms. The highest BCUT2D eigenvalue weighted by molar-refractivity contribution is 5.98. The lowest BCUT2D eigenvalue weighted by molar-refractivity contribution is -0.163. The highest BCUT2D eigenvalue weighted by Crippen LogP contribution is 2.59. The van der Waals surface area contributed by atoms with Gasteiger partial charge in [0.25, 0.3) is 0 Å². The number of hydrogen-bond acceptors (Lipinski definition) is 8. The number of benzene rings is 1. The first kappa shape index (κ1) is 38.3. The van der Waals surface area contributed by atoms with Crippen LogP contribution < -0.4 is 5.32 Å². The van der Waals surface area contributed by atoms with Gasteiger partial charge in [0.05, 0.1) is 30.6 Å². The number of allylic oxidation sites excluding steroid dienone is 1. The van der Waals surface area contributed by atoms with Gasteiger partial charge in [-0.2, -0.15) is 0 Å². The van der Waals surface area contributed by atoms with Gasteiger partial charge in [0, 0.05) is 39.3 Å². The molecule has 3 aliphatic rings. The average molecular weight is 682 g/mol. The molecule has 270 valence electrons. The largest absolute Gasteiger partial charge is 0.455 e. The minimum absolute atomic E-state index is 0.0462. The van der Waals surface area contributed by atoms with Crippen LogP contribution in [0.2, 0.25) is 0 Å². The Morgan fingerprint density at radius 3 is 2.59 bits per heavy atom. The first-order chi connectivity index (χ1) is 23.7. The van der Waals surface area contributed by atoms with Crippen LogP contribution in [0.3, 0.4) is 0 Å². The molecule has 1 unspecified atom stereocenters. The van der Waals surface area contributed by atoms with Gasteiger partial charge < -0.3 is 34.4 Å². The summed E-state index contributed by atoms with van der Waals surface area (Å²) in [6.07, 6.45) is 7.12. The van der Waals surface area contributed by atoms with E-state index in [0.717, 1.165) is 12.8 Å². The average Bonchev–Trinajstić information content (AvgIpc) is 3.74. The zero-order valence-electron chi connectivity index (χ0n) is 29.4. The normalized spacial score (nSPS) is 25.7. The minimum Gasteiger partial charge on any atom is -0.455 e. The molecule has 1 aromatic carbocycles. The number of carbonyl (C=O) groups excluding carboxylic acids is 4. The van der Waals surface area contributed by atoms with E-state index in [1.54, 1.807) is 22.0 Å². The van der Waals surface area contributed by atoms with Crippen molar-refractivity contribution in [2.24, 2.45) is 11.8 Å². The summed E-state index contributed by atoms with van der Waals surface area (Å²) in [6, 6.07) is 7.48. The van der Waals surface area contributed by atoms with Gasteiger partial charge in [-0.05, 0) is 57.4 Å². The number of nitrogens with zero attached hydrogens (tertiary/aromatic N) is 2. The fourth-order valence-electron chi connectivity index (χ4n) is 7.99. The van der Waals surface area contributed by atoms with E-state index < -0.39 is 47.7 Å². The number of carbonyl (C=O) groups is 4. The number of fused-ring (bicyclic) bond motifs is 1. The zero-order valence-corrected chi connectivity index (χ0v) is 29.4. The third-order valence-electron chi connectivity index (χ3n) is 10.2. The van der Waals surface area contributed by atoms with Crippen molar-refractivity contribution in [3.05, 3.63) is 61.2 Å². The van der Waals surface area contributed by atoms with Gasteiger partial charge in [-0.3, -0.25) is 19.2 Å². The first-order valence-electron chi connectivity index (χ1n) is 17.8. The number of amides is 3. The number of esters is 1. The van der Waals surface area contributed by atoms with Crippen molar-refractivity contribution in [1.82, 2.24) is 15.1 Å². The SMILES string of the molecule is C=CCCC(=O)N[C@H](COC)[C@H](OC(=O)[C@@H]1[C@H]2C(=O)N(CCCCCO)[C@H](C(=O)N(CC=C)C(C)CCC)[C@]23CC[C@H]1O3)c1ccccc1. The quantitative estimate of drug-likeness (QED) is 0.113. The second-order valence-electron chi connectivity index (χ2n) is 13.5. The summed E-state index contributed by atoms with van der Waals surface area (Å²) in [7, 11) is 1.51. The Hall–Kier alpha value is -3.54. The van der Waals surface area contributed by atoms with E-state index in [4.69, 9.17) is 14.2 Å². The molecular formula is C38H55N3O8. The van der Waals surface area contributed by atoms with Crippen molar-refractivity contribution in [3.63, 3.8) is 0 Å². The van der Waals surface area contributed by atoms with Gasteiger partial charge in [0.2, 0.25) is 17.7 Å². The Kier molecular flexibility index (Phi) is 14.0. The van der Waals surface area contributed by atoms with E-state index in [1.807, 2.05) is 37.3 Å². The second-order valence-corrected chi connectivity index (χ2v) is 13.5. The molecule has 1 aromatic rings. The molecule has 8 atom stereocenters. The molecule has 3 heterocycles. The predicted octanol–water partition coefficient (Wildman–Crippen LogP) is 4.11. The molecule has 11 heteroatoms. The Morgan fingerprint density at radius 2 is 1.94 bits per heavy atom. The lowest BCUT2D eigenvalue weighted by Gasteiger charge is -2.39. The van der Waals surface area contributed by atoms with Gasteiger partial charge in [-0.15, -0.1) is 13.2 Å². The van der Waals surface area contributed by atoms with E-state index >= 15 is 0 Å². The van der Waals surface area contributed by atoms with Crippen LogP contribution in [0.5, 0.6) is 0 Å². The molecule has 4 rings (SSSR count). The van der Waals surface area contributed by atoms with Crippen LogP contribution >= 0.6 is 0 Å². The van der Waals surface area contributed by atoms with E-state index in [-0.39, 0.29) is 43.4 Å². The number of rotatable bonds is 21. The molecule has 0 saturated carbocycles. The summed E-state index contributed by atoms with van der Waals surface area (Å²) in [4.78, 5) is 59.7. The molecular weight excluding hydrogens is 626 g/mol. The smallest absolute Gasteiger partial charge is 0.313 e. The van der Waals surface area contributed by atoms with Crippen molar-refractivity contribution >= 4 is 23.7 Å². The van der Waals surface area contributed by atoms with Gasteiger partial charge in [-0.1, -0.05) is 55.8 Å². The predicted molar refractivity (Wildman–Crippen MR) is 185 cm³/mol. The van der Waals surface area contributed by atoms with Crippen molar-refractivity contribution in [2.45, 2.75) is 108 Å². The topological polar surface area (TPSA) is 135 Å². The summed E-state index contributed by atoms with van der Waals surface area (Å²) >= 11 is 0. The van der Waals surface area contributed by atoms with Crippen LogP contribution in [0.4, 0.5) is 0 Å². The van der Waals surface area contributed by atoms with Gasteiger partial charge >= 0.3 is 5.97 Å². The van der Waals surface area contributed by atoms with Crippen LogP contribution in [0.15, 0.2) is 55.6 Å². The second kappa shape index (κ2) is 17.9. The number of aliphatic hydroxyl groups is 1. The number of aliphatic hydroxyl groups excluding tert-OH is 1. The summed E-state index contributed by atoms with van der Waals surface area (Å²) < 4.78 is 18.4. The summed E-state index contributed by atoms with van der Waals surface area (Å²) in [5.41, 5.74) is -0.500. The fraction of sp³-hybridized carbons (Fsp3) is 0.632. The standard InChI is InChI=1S/C38H55N3O8/c1-6-9-19-30(43)39-28(25-47-5)33(27-17-12-10-13-18-27)48-37(46)31-29-20-21-38(49-29)32(31)35(44)41(23-14-11-15-24-42)34(38)36(45)40(22-8-3)26(4)16-7-2/h6,8,10,12-13,17-18,26,28-29,31-34,42H,1,3,7,9,11,14-16,19-25H2,2,4-5H3,(H,39,43)/t26?,28-,29-,31+,32+,33-,34-,38+/m1/s1. The summed E-state index contributed by atoms with van der Waals surface area (Å²) in [5, 5.41) is 12.3. The van der Waals surface area contributed by atoms with Crippen LogP contribution in [0.25, 0.3) is 0 Å². The fourth-order valence-corrected chi connectivity index (χ4v) is 7.99. The highest BCUT2D eigenvalue weighted by atomic mass is 16.6. The minimum atomic E-state index is -1.17. The first-order valence-corrected chi connectivity index (χ1v) is 17.8. The molecule has 3 fully saturated rings.